The van der Waals surface area contributed by atoms with E-state index in [4.69, 9.17) is 15.1 Å². The molecule has 0 heterocycles. The van der Waals surface area contributed by atoms with Crippen LogP contribution in [0.2, 0.25) is 0 Å². The van der Waals surface area contributed by atoms with Crippen molar-refractivity contribution in [1.29, 1.82) is 5.26 Å². The molecule has 5 nitrogen and oxygen atoms in total. The van der Waals surface area contributed by atoms with Gasteiger partial charge in [-0.05, 0) is 12.1 Å². The summed E-state index contributed by atoms with van der Waals surface area (Å²) in [6.07, 6.45) is 0.933. The van der Waals surface area contributed by atoms with Crippen molar-refractivity contribution in [2.45, 2.75) is 6.61 Å². The van der Waals surface area contributed by atoms with Crippen molar-refractivity contribution >= 4 is 12.0 Å². The zero-order valence-electron chi connectivity index (χ0n) is 9.76. The molecule has 0 bridgehead atoms. The van der Waals surface area contributed by atoms with Crippen LogP contribution >= 0.6 is 0 Å². The summed E-state index contributed by atoms with van der Waals surface area (Å²) in [6.45, 7) is -3.10. The molecule has 0 unspecified atom stereocenters. The van der Waals surface area contributed by atoms with Gasteiger partial charge in [0.15, 0.2) is 11.5 Å². The number of methoxy groups -OCH3 is 1. The van der Waals surface area contributed by atoms with Crippen LogP contribution in [0, 0.1) is 11.3 Å². The van der Waals surface area contributed by atoms with E-state index in [1.165, 1.54) is 31.4 Å². The molecule has 0 spiro atoms. The summed E-state index contributed by atoms with van der Waals surface area (Å²) in [4.78, 5) is 10.7. The average molecular weight is 269 g/mol. The third-order valence-electron chi connectivity index (χ3n) is 2.09. The van der Waals surface area contributed by atoms with Gasteiger partial charge in [0.1, 0.15) is 11.6 Å². The second-order valence-electron chi connectivity index (χ2n) is 3.23. The summed E-state index contributed by atoms with van der Waals surface area (Å²) in [6, 6.07) is 5.61. The summed E-state index contributed by atoms with van der Waals surface area (Å²) >= 11 is 0. The first-order valence-corrected chi connectivity index (χ1v) is 4.96. The fourth-order valence-electron chi connectivity index (χ4n) is 1.32. The standard InChI is InChI=1S/C12H9F2NO4/c1-18-9-4-2-3-7(10(9)19-12(13)14)5-8(6-15)11(16)17/h2-5,12H,1H3,(H,16,17)/b8-5+. The maximum atomic E-state index is 12.3. The van der Waals surface area contributed by atoms with Gasteiger partial charge >= 0.3 is 12.6 Å². The zero-order chi connectivity index (χ0) is 14.4. The van der Waals surface area contributed by atoms with E-state index in [0.29, 0.717) is 0 Å². The lowest BCUT2D eigenvalue weighted by atomic mass is 10.1. The first-order chi connectivity index (χ1) is 8.99. The second kappa shape index (κ2) is 6.35. The van der Waals surface area contributed by atoms with Crippen molar-refractivity contribution in [3.8, 4) is 17.6 Å². The number of hydrogen-bond acceptors (Lipinski definition) is 4. The van der Waals surface area contributed by atoms with Crippen LogP contribution < -0.4 is 9.47 Å². The Bertz CT molecular complexity index is 549. The average Bonchev–Trinajstić information content (AvgIpc) is 2.36. The van der Waals surface area contributed by atoms with Crippen molar-refractivity contribution in [2.24, 2.45) is 0 Å². The highest BCUT2D eigenvalue weighted by Crippen LogP contribution is 2.33. The Labute approximate surface area is 107 Å². The Kier molecular flexibility index (Phi) is 4.83. The molecule has 100 valence electrons. The molecule has 0 aromatic heterocycles. The predicted octanol–water partition coefficient (Wildman–Crippen LogP) is 2.29. The van der Waals surface area contributed by atoms with Crippen LogP contribution in [0.4, 0.5) is 8.78 Å². The van der Waals surface area contributed by atoms with Crippen molar-refractivity contribution in [1.82, 2.24) is 0 Å². The quantitative estimate of drug-likeness (QED) is 0.655. The van der Waals surface area contributed by atoms with Crippen molar-refractivity contribution in [2.75, 3.05) is 7.11 Å². The molecule has 0 radical (unpaired) electrons. The molecule has 0 aliphatic carbocycles. The van der Waals surface area contributed by atoms with Gasteiger partial charge in [0, 0.05) is 5.56 Å². The van der Waals surface area contributed by atoms with Gasteiger partial charge in [-0.15, -0.1) is 0 Å². The van der Waals surface area contributed by atoms with Crippen LogP contribution in [0.25, 0.3) is 6.08 Å². The van der Waals surface area contributed by atoms with E-state index >= 15 is 0 Å². The largest absolute Gasteiger partial charge is 0.493 e. The molecular weight excluding hydrogens is 260 g/mol. The zero-order valence-corrected chi connectivity index (χ0v) is 9.76. The van der Waals surface area contributed by atoms with Crippen molar-refractivity contribution < 1.29 is 28.2 Å². The van der Waals surface area contributed by atoms with E-state index in [1.54, 1.807) is 0 Å². The van der Waals surface area contributed by atoms with Crippen LogP contribution in [-0.4, -0.2) is 24.8 Å². The Morgan fingerprint density at radius 3 is 2.68 bits per heavy atom. The van der Waals surface area contributed by atoms with Gasteiger partial charge < -0.3 is 14.6 Å². The third kappa shape index (κ3) is 3.67. The fraction of sp³-hybridized carbons (Fsp3) is 0.167. The van der Waals surface area contributed by atoms with Gasteiger partial charge in [0.25, 0.3) is 0 Å². The van der Waals surface area contributed by atoms with Gasteiger partial charge in [-0.3, -0.25) is 0 Å². The third-order valence-corrected chi connectivity index (χ3v) is 2.09. The highest BCUT2D eigenvalue weighted by molar-refractivity contribution is 5.97. The molecule has 0 fully saturated rings. The first-order valence-electron chi connectivity index (χ1n) is 4.96. The first kappa shape index (κ1) is 14.4. The number of carbonyl (C=O) groups is 1. The number of nitriles is 1. The van der Waals surface area contributed by atoms with E-state index in [-0.39, 0.29) is 17.1 Å². The Balaban J connectivity index is 3.35. The minimum atomic E-state index is -3.10. The Hall–Kier alpha value is -2.62. The fourth-order valence-corrected chi connectivity index (χ4v) is 1.32. The van der Waals surface area contributed by atoms with E-state index in [2.05, 4.69) is 4.74 Å². The lowest BCUT2D eigenvalue weighted by Crippen LogP contribution is -2.05. The smallest absolute Gasteiger partial charge is 0.387 e. The number of para-hydroxylation sites is 1. The second-order valence-corrected chi connectivity index (χ2v) is 3.23. The Morgan fingerprint density at radius 2 is 2.21 bits per heavy atom. The minimum Gasteiger partial charge on any atom is -0.493 e. The number of halogens is 2. The summed E-state index contributed by atoms with van der Waals surface area (Å²) in [5.74, 6) is -1.78. The number of aliphatic carboxylic acids is 1. The molecule has 0 amide bonds. The van der Waals surface area contributed by atoms with Crippen LogP contribution in [0.3, 0.4) is 0 Å². The SMILES string of the molecule is COc1cccc(/C=C(\C#N)C(=O)O)c1OC(F)F. The van der Waals surface area contributed by atoms with Crippen molar-refractivity contribution in [3.05, 3.63) is 29.3 Å². The van der Waals surface area contributed by atoms with Crippen LogP contribution in [-0.2, 0) is 4.79 Å². The van der Waals surface area contributed by atoms with Crippen LogP contribution in [0.15, 0.2) is 23.8 Å². The number of carboxylic acid groups (broad SMARTS) is 1. The number of alkyl halides is 2. The molecule has 1 rings (SSSR count). The monoisotopic (exact) mass is 269 g/mol. The minimum absolute atomic E-state index is 0.0109. The van der Waals surface area contributed by atoms with Gasteiger partial charge in [-0.2, -0.15) is 14.0 Å². The summed E-state index contributed by atoms with van der Waals surface area (Å²) in [5.41, 5.74) is -0.592. The molecule has 0 aliphatic rings. The van der Waals surface area contributed by atoms with E-state index in [1.807, 2.05) is 0 Å². The van der Waals surface area contributed by atoms with E-state index in [9.17, 15) is 13.6 Å². The number of benzene rings is 1. The summed E-state index contributed by atoms with van der Waals surface area (Å²) in [7, 11) is 1.25. The van der Waals surface area contributed by atoms with Crippen LogP contribution in [0.1, 0.15) is 5.56 Å². The summed E-state index contributed by atoms with van der Waals surface area (Å²) < 4.78 is 33.8. The molecule has 0 atom stereocenters. The lowest BCUT2D eigenvalue weighted by molar-refractivity contribution is -0.132. The molecule has 1 aromatic rings. The van der Waals surface area contributed by atoms with Gasteiger partial charge in [-0.25, -0.2) is 4.79 Å². The topological polar surface area (TPSA) is 79.5 Å². The number of carboxylic acids is 1. The molecule has 19 heavy (non-hydrogen) atoms. The molecule has 1 aromatic carbocycles. The molecule has 0 aliphatic heterocycles. The molecule has 1 N–H and O–H groups in total. The van der Waals surface area contributed by atoms with Gasteiger partial charge in [0.05, 0.1) is 7.11 Å². The normalized spacial score (nSPS) is 11.0. The maximum absolute atomic E-state index is 12.3. The molecular formula is C12H9F2NO4. The van der Waals surface area contributed by atoms with Crippen LogP contribution in [0.5, 0.6) is 11.5 Å². The number of nitrogens with zero attached hydrogens (tertiary/aromatic N) is 1. The number of rotatable bonds is 5. The molecule has 0 saturated heterocycles. The van der Waals surface area contributed by atoms with E-state index in [0.717, 1.165) is 6.08 Å². The molecule has 0 saturated carbocycles. The highest BCUT2D eigenvalue weighted by atomic mass is 19.3. The number of ether oxygens (including phenoxy) is 2. The highest BCUT2D eigenvalue weighted by Gasteiger charge is 2.16. The van der Waals surface area contributed by atoms with E-state index < -0.39 is 18.2 Å². The molecule has 7 heteroatoms. The Morgan fingerprint density at radius 1 is 1.53 bits per heavy atom. The maximum Gasteiger partial charge on any atom is 0.387 e. The number of hydrogen-bond donors (Lipinski definition) is 1. The van der Waals surface area contributed by atoms with Crippen molar-refractivity contribution in [3.63, 3.8) is 0 Å². The summed E-state index contributed by atoms with van der Waals surface area (Å²) in [5, 5.41) is 17.4. The van der Waals surface area contributed by atoms with Gasteiger partial charge in [-0.1, -0.05) is 12.1 Å². The lowest BCUT2D eigenvalue weighted by Gasteiger charge is -2.12. The predicted molar refractivity (Wildman–Crippen MR) is 60.9 cm³/mol. The van der Waals surface area contributed by atoms with Gasteiger partial charge in [0.2, 0.25) is 0 Å².